The van der Waals surface area contributed by atoms with E-state index in [0.717, 1.165) is 71.3 Å². The number of aliphatic hydroxyl groups excluding tert-OH is 1. The minimum atomic E-state index is -0.888. The standard InChI is InChI=1S/C55H68N8O10S/c1-33-49(74-32-58-33)36-16-14-34(15-17-36)29-57-52(69)44-26-38(64)30-63(44)54(71)50(55(2,3)4)60-47(66)13-11-9-7-8-10-12-24-56-48(67)31-72-39-21-18-35-20-23-42(41(35)27-39)59-51(68)43-28-46(73-61-43)37-19-22-40(45(65)25-37)53(70)62(5)6/h14-19,21-22,25,27-28,32,38,42,44,50,64-65H,7-13,20,23-24,26,29-31H2,1-6H3,(H,56,67)(H,57,69)(H,59,68)(H,60,66)/t38-,42-,44+,50?/m1/s1. The Kier molecular flexibility index (Phi) is 18.3. The summed E-state index contributed by atoms with van der Waals surface area (Å²) >= 11 is 1.57. The zero-order valence-corrected chi connectivity index (χ0v) is 43.8. The van der Waals surface area contributed by atoms with Crippen molar-refractivity contribution in [3.8, 4) is 33.3 Å². The number of aromatic hydroxyl groups is 1. The fourth-order valence-corrected chi connectivity index (χ4v) is 10.0. The predicted octanol–water partition coefficient (Wildman–Crippen LogP) is 6.63. The average molecular weight is 1030 g/mol. The molecule has 0 spiro atoms. The number of phenolic OH excluding ortho intramolecular Hbond substituents is 1. The first-order chi connectivity index (χ1) is 35.4. The van der Waals surface area contributed by atoms with Gasteiger partial charge >= 0.3 is 0 Å². The number of nitrogens with zero attached hydrogens (tertiary/aromatic N) is 4. The minimum Gasteiger partial charge on any atom is -0.507 e. The number of hydrogen-bond donors (Lipinski definition) is 6. The van der Waals surface area contributed by atoms with Crippen molar-refractivity contribution in [3.05, 3.63) is 106 Å². The number of carbonyl (C=O) groups is 6. The Balaban J connectivity index is 0.765. The number of benzene rings is 3. The average Bonchev–Trinajstić information content (AvgIpc) is 4.21. The summed E-state index contributed by atoms with van der Waals surface area (Å²) in [5, 5.41) is 36.7. The molecule has 0 bridgehead atoms. The Morgan fingerprint density at radius 3 is 2.34 bits per heavy atom. The number of aryl methyl sites for hydroxylation is 2. The van der Waals surface area contributed by atoms with E-state index >= 15 is 0 Å². The Labute approximate surface area is 435 Å². The number of rotatable bonds is 22. The number of ether oxygens (including phenoxy) is 1. The largest absolute Gasteiger partial charge is 0.507 e. The van der Waals surface area contributed by atoms with Crippen LogP contribution in [0.3, 0.4) is 0 Å². The summed E-state index contributed by atoms with van der Waals surface area (Å²) < 4.78 is 11.2. The van der Waals surface area contributed by atoms with E-state index in [1.807, 2.05) is 75.7 Å². The molecule has 0 radical (unpaired) electrons. The van der Waals surface area contributed by atoms with Gasteiger partial charge in [-0.3, -0.25) is 28.8 Å². The lowest BCUT2D eigenvalue weighted by Gasteiger charge is -2.35. The summed E-state index contributed by atoms with van der Waals surface area (Å²) in [6, 6.07) is 17.4. The molecule has 0 saturated carbocycles. The second kappa shape index (κ2) is 24.7. The van der Waals surface area contributed by atoms with E-state index in [1.54, 1.807) is 31.5 Å². The van der Waals surface area contributed by atoms with Crippen molar-refractivity contribution in [2.75, 3.05) is 33.8 Å². The molecule has 19 heteroatoms. The van der Waals surface area contributed by atoms with Crippen LogP contribution in [0.5, 0.6) is 11.5 Å². The molecule has 2 aliphatic rings. The van der Waals surface area contributed by atoms with E-state index in [9.17, 15) is 39.0 Å². The highest BCUT2D eigenvalue weighted by molar-refractivity contribution is 7.13. The normalized spacial score (nSPS) is 16.5. The molecule has 1 aliphatic carbocycles. The molecule has 18 nitrogen and oxygen atoms in total. The van der Waals surface area contributed by atoms with Gasteiger partial charge in [0.25, 0.3) is 17.7 Å². The lowest BCUT2D eigenvalue weighted by Crippen LogP contribution is -2.57. The highest BCUT2D eigenvalue weighted by atomic mass is 32.1. The number of β-amino-alcohol motifs (C(OH)–C–C–N with tert-alkyl or cyclic N) is 1. The van der Waals surface area contributed by atoms with Gasteiger partial charge in [0.1, 0.15) is 23.6 Å². The maximum Gasteiger partial charge on any atom is 0.273 e. The predicted molar refractivity (Wildman–Crippen MR) is 279 cm³/mol. The zero-order chi connectivity index (χ0) is 53.1. The maximum atomic E-state index is 14.0. The van der Waals surface area contributed by atoms with Crippen molar-refractivity contribution < 1.29 is 48.2 Å². The quantitative estimate of drug-likeness (QED) is 0.0400. The molecule has 74 heavy (non-hydrogen) atoms. The van der Waals surface area contributed by atoms with Crippen LogP contribution < -0.4 is 26.0 Å². The van der Waals surface area contributed by atoms with Gasteiger partial charge in [0.2, 0.25) is 17.7 Å². The number of nitrogens with one attached hydrogen (secondary N) is 4. The Bertz CT molecular complexity index is 2800. The van der Waals surface area contributed by atoms with Crippen LogP contribution in [-0.4, -0.2) is 118 Å². The van der Waals surface area contributed by atoms with Crippen LogP contribution in [0, 0.1) is 12.3 Å². The third-order valence-corrected chi connectivity index (χ3v) is 14.4. The fraction of sp³-hybridized carbons (Fsp3) is 0.455. The molecule has 5 aromatic rings. The summed E-state index contributed by atoms with van der Waals surface area (Å²) in [6.45, 7) is 8.17. The number of thiazole rings is 1. The fourth-order valence-electron chi connectivity index (χ4n) is 9.24. The molecular formula is C55H68N8O10S. The summed E-state index contributed by atoms with van der Waals surface area (Å²) in [5.41, 5.74) is 6.68. The van der Waals surface area contributed by atoms with Gasteiger partial charge < -0.3 is 50.5 Å². The van der Waals surface area contributed by atoms with E-state index in [2.05, 4.69) is 31.4 Å². The number of hydrogen-bond acceptors (Lipinski definition) is 13. The second-order valence-electron chi connectivity index (χ2n) is 20.4. The van der Waals surface area contributed by atoms with E-state index in [0.29, 0.717) is 30.7 Å². The van der Waals surface area contributed by atoms with Crippen molar-refractivity contribution in [1.82, 2.24) is 41.2 Å². The SMILES string of the molecule is Cc1ncsc1-c1ccc(CNC(=O)[C@@H]2C[C@@H](O)CN2C(=O)C(NC(=O)CCCCCCCCNC(=O)COc2ccc3c(c2)[C@H](NC(=O)c2cc(-c4ccc(C(=O)N(C)C)c(O)c4)on2)CC3)C(C)(C)C)cc1. The van der Waals surface area contributed by atoms with Crippen LogP contribution >= 0.6 is 11.3 Å². The smallest absolute Gasteiger partial charge is 0.273 e. The number of aromatic nitrogens is 2. The van der Waals surface area contributed by atoms with Crippen LogP contribution in [0.15, 0.2) is 76.8 Å². The van der Waals surface area contributed by atoms with Crippen LogP contribution in [0.2, 0.25) is 0 Å². The van der Waals surface area contributed by atoms with Crippen LogP contribution in [0.1, 0.15) is 128 Å². The van der Waals surface area contributed by atoms with Gasteiger partial charge in [-0.25, -0.2) is 4.98 Å². The maximum absolute atomic E-state index is 14.0. The lowest BCUT2D eigenvalue weighted by atomic mass is 9.85. The van der Waals surface area contributed by atoms with Crippen molar-refractivity contribution in [2.45, 2.75) is 123 Å². The topological polar surface area (TPSA) is 246 Å². The molecule has 1 aliphatic heterocycles. The highest BCUT2D eigenvalue weighted by Gasteiger charge is 2.44. The van der Waals surface area contributed by atoms with Gasteiger partial charge in [0, 0.05) is 58.2 Å². The molecule has 1 saturated heterocycles. The van der Waals surface area contributed by atoms with Crippen molar-refractivity contribution in [1.29, 1.82) is 0 Å². The molecule has 1 fully saturated rings. The van der Waals surface area contributed by atoms with Gasteiger partial charge in [-0.1, -0.05) is 88.0 Å². The molecule has 2 aromatic heterocycles. The van der Waals surface area contributed by atoms with Crippen LogP contribution in [-0.2, 0) is 32.1 Å². The zero-order valence-electron chi connectivity index (χ0n) is 43.0. The third-order valence-electron chi connectivity index (χ3n) is 13.4. The monoisotopic (exact) mass is 1030 g/mol. The lowest BCUT2D eigenvalue weighted by molar-refractivity contribution is -0.144. The van der Waals surface area contributed by atoms with Gasteiger partial charge in [0.15, 0.2) is 18.1 Å². The van der Waals surface area contributed by atoms with Gasteiger partial charge in [0.05, 0.1) is 33.8 Å². The van der Waals surface area contributed by atoms with Crippen molar-refractivity contribution in [2.24, 2.45) is 5.41 Å². The number of carbonyl (C=O) groups excluding carboxylic acids is 6. The first kappa shape index (κ1) is 54.6. The van der Waals surface area contributed by atoms with E-state index in [1.165, 1.54) is 28.0 Å². The first-order valence-corrected chi connectivity index (χ1v) is 26.1. The molecule has 394 valence electrons. The number of amides is 6. The van der Waals surface area contributed by atoms with Crippen LogP contribution in [0.25, 0.3) is 21.8 Å². The van der Waals surface area contributed by atoms with Crippen molar-refractivity contribution >= 4 is 46.8 Å². The number of fused-ring (bicyclic) bond motifs is 1. The molecule has 4 atom stereocenters. The first-order valence-electron chi connectivity index (χ1n) is 25.3. The number of aliphatic hydroxyl groups is 1. The molecule has 1 unspecified atom stereocenters. The van der Waals surface area contributed by atoms with E-state index in [-0.39, 0.29) is 85.0 Å². The van der Waals surface area contributed by atoms with Gasteiger partial charge in [-0.2, -0.15) is 0 Å². The van der Waals surface area contributed by atoms with Gasteiger partial charge in [-0.05, 0) is 84.5 Å². The summed E-state index contributed by atoms with van der Waals surface area (Å²) in [4.78, 5) is 87.0. The second-order valence-corrected chi connectivity index (χ2v) is 21.2. The molecule has 6 amide bonds. The minimum absolute atomic E-state index is 0.00621. The summed E-state index contributed by atoms with van der Waals surface area (Å²) in [7, 11) is 3.18. The van der Waals surface area contributed by atoms with E-state index in [4.69, 9.17) is 9.26 Å². The van der Waals surface area contributed by atoms with E-state index < -0.39 is 35.4 Å². The molecular weight excluding hydrogens is 965 g/mol. The summed E-state index contributed by atoms with van der Waals surface area (Å²) in [5.74, 6) is -1.48. The van der Waals surface area contributed by atoms with Crippen molar-refractivity contribution in [3.63, 3.8) is 0 Å². The molecule has 3 heterocycles. The van der Waals surface area contributed by atoms with Gasteiger partial charge in [-0.15, -0.1) is 11.3 Å². The number of phenols is 1. The van der Waals surface area contributed by atoms with Crippen LogP contribution in [0.4, 0.5) is 0 Å². The Hall–Kier alpha value is -7.12. The number of unbranched alkanes of at least 4 members (excludes halogenated alkanes) is 5. The summed E-state index contributed by atoms with van der Waals surface area (Å²) in [6.07, 6.45) is 5.92. The number of likely N-dealkylation sites (tertiary alicyclic amines) is 1. The molecule has 3 aromatic carbocycles. The Morgan fingerprint density at radius 1 is 0.905 bits per heavy atom. The third kappa shape index (κ3) is 14.1. The Morgan fingerprint density at radius 2 is 1.64 bits per heavy atom. The highest BCUT2D eigenvalue weighted by Crippen LogP contribution is 2.35. The molecule has 6 N–H and O–H groups in total. The molecule has 7 rings (SSSR count).